The van der Waals surface area contributed by atoms with Crippen LogP contribution in [0.25, 0.3) is 0 Å². The summed E-state index contributed by atoms with van der Waals surface area (Å²) in [4.78, 5) is 31.5. The molecule has 1 aromatic heterocycles. The zero-order chi connectivity index (χ0) is 14.8. The Morgan fingerprint density at radius 3 is 2.67 bits per heavy atom. The van der Waals surface area contributed by atoms with E-state index >= 15 is 0 Å². The molecule has 114 valence electrons. The molecule has 0 unspecified atom stereocenters. The van der Waals surface area contributed by atoms with E-state index in [1.165, 1.54) is 0 Å². The molecule has 0 aliphatic heterocycles. The quantitative estimate of drug-likeness (QED) is 0.874. The van der Waals surface area contributed by atoms with Crippen LogP contribution in [-0.4, -0.2) is 21.9 Å². The van der Waals surface area contributed by atoms with Gasteiger partial charge < -0.3 is 10.3 Å². The van der Waals surface area contributed by atoms with Crippen LogP contribution >= 0.6 is 0 Å². The van der Waals surface area contributed by atoms with Crippen molar-refractivity contribution < 1.29 is 4.79 Å². The van der Waals surface area contributed by atoms with Crippen LogP contribution in [0.15, 0.2) is 4.79 Å². The van der Waals surface area contributed by atoms with Gasteiger partial charge in [-0.05, 0) is 57.3 Å². The predicted octanol–water partition coefficient (Wildman–Crippen LogP) is 1.96. The van der Waals surface area contributed by atoms with Crippen LogP contribution in [0.1, 0.15) is 67.3 Å². The number of aryl methyl sites for hydroxylation is 2. The van der Waals surface area contributed by atoms with Gasteiger partial charge in [0.05, 0.1) is 5.69 Å². The first kappa shape index (κ1) is 14.3. The van der Waals surface area contributed by atoms with Gasteiger partial charge in [0, 0.05) is 11.7 Å². The lowest BCUT2D eigenvalue weighted by molar-refractivity contribution is 0.0915. The van der Waals surface area contributed by atoms with Crippen LogP contribution in [0.2, 0.25) is 0 Å². The predicted molar refractivity (Wildman–Crippen MR) is 80.4 cm³/mol. The molecule has 0 saturated heterocycles. The minimum Gasteiger partial charge on any atom is -0.348 e. The summed E-state index contributed by atoms with van der Waals surface area (Å²) in [5, 5.41) is 2.98. The molecular formula is C16H23N3O2. The maximum Gasteiger partial charge on any atom is 0.279 e. The lowest BCUT2D eigenvalue weighted by Gasteiger charge is -2.26. The van der Waals surface area contributed by atoms with Crippen molar-refractivity contribution in [2.75, 3.05) is 0 Å². The summed E-state index contributed by atoms with van der Waals surface area (Å²) in [6.07, 6.45) is 8.14. The van der Waals surface area contributed by atoms with Gasteiger partial charge >= 0.3 is 0 Å². The molecule has 1 aromatic rings. The molecule has 2 N–H and O–H groups in total. The number of amides is 1. The molecule has 3 rings (SSSR count). The van der Waals surface area contributed by atoms with Gasteiger partial charge in [0.15, 0.2) is 5.69 Å². The van der Waals surface area contributed by atoms with E-state index < -0.39 is 0 Å². The average molecular weight is 289 g/mol. The van der Waals surface area contributed by atoms with Gasteiger partial charge in [0.1, 0.15) is 0 Å². The van der Waals surface area contributed by atoms with Gasteiger partial charge in [0.2, 0.25) is 0 Å². The monoisotopic (exact) mass is 289 g/mol. The van der Waals surface area contributed by atoms with E-state index in [-0.39, 0.29) is 23.2 Å². The SMILES string of the molecule is CC1CCC(NC(=O)c2nc3c([nH]c2=O)CCCC3)CC1. The zero-order valence-corrected chi connectivity index (χ0v) is 12.6. The maximum atomic E-state index is 12.3. The normalized spacial score (nSPS) is 25.2. The van der Waals surface area contributed by atoms with Crippen molar-refractivity contribution in [3.8, 4) is 0 Å². The minimum atomic E-state index is -0.350. The Bertz CT molecular complexity index is 586. The lowest BCUT2D eigenvalue weighted by Crippen LogP contribution is -2.40. The van der Waals surface area contributed by atoms with Crippen LogP contribution in [0.5, 0.6) is 0 Å². The van der Waals surface area contributed by atoms with Crippen LogP contribution in [0, 0.1) is 5.92 Å². The van der Waals surface area contributed by atoms with Crippen LogP contribution in [0.4, 0.5) is 0 Å². The zero-order valence-electron chi connectivity index (χ0n) is 12.6. The first-order valence-electron chi connectivity index (χ1n) is 8.06. The Kier molecular flexibility index (Phi) is 4.08. The molecule has 2 aliphatic carbocycles. The highest BCUT2D eigenvalue weighted by atomic mass is 16.2. The van der Waals surface area contributed by atoms with Gasteiger partial charge in [-0.1, -0.05) is 6.92 Å². The first-order valence-corrected chi connectivity index (χ1v) is 8.06. The largest absolute Gasteiger partial charge is 0.348 e. The third kappa shape index (κ3) is 3.17. The highest BCUT2D eigenvalue weighted by Crippen LogP contribution is 2.23. The Morgan fingerprint density at radius 2 is 1.90 bits per heavy atom. The lowest BCUT2D eigenvalue weighted by atomic mass is 9.87. The molecule has 0 bridgehead atoms. The number of carbonyl (C=O) groups is 1. The van der Waals surface area contributed by atoms with E-state index in [9.17, 15) is 9.59 Å². The highest BCUT2D eigenvalue weighted by molar-refractivity contribution is 5.92. The highest BCUT2D eigenvalue weighted by Gasteiger charge is 2.23. The molecule has 1 saturated carbocycles. The molecule has 0 aromatic carbocycles. The van der Waals surface area contributed by atoms with Gasteiger partial charge in [-0.2, -0.15) is 0 Å². The number of nitrogens with zero attached hydrogens (tertiary/aromatic N) is 1. The number of nitrogens with one attached hydrogen (secondary N) is 2. The smallest absolute Gasteiger partial charge is 0.279 e. The fraction of sp³-hybridized carbons (Fsp3) is 0.688. The van der Waals surface area contributed by atoms with Crippen molar-refractivity contribution in [3.05, 3.63) is 27.4 Å². The molecule has 5 heteroatoms. The molecule has 1 fully saturated rings. The number of H-pyrrole nitrogens is 1. The number of aromatic nitrogens is 2. The molecular weight excluding hydrogens is 266 g/mol. The molecule has 5 nitrogen and oxygen atoms in total. The number of hydrogen-bond donors (Lipinski definition) is 2. The van der Waals surface area contributed by atoms with E-state index in [1.807, 2.05) is 0 Å². The molecule has 0 spiro atoms. The summed E-state index contributed by atoms with van der Waals surface area (Å²) < 4.78 is 0. The maximum absolute atomic E-state index is 12.3. The van der Waals surface area contributed by atoms with Gasteiger partial charge in [-0.3, -0.25) is 9.59 Å². The van der Waals surface area contributed by atoms with Gasteiger partial charge in [-0.15, -0.1) is 0 Å². The average Bonchev–Trinajstić information content (AvgIpc) is 2.49. The Labute approximate surface area is 124 Å². The Morgan fingerprint density at radius 1 is 1.19 bits per heavy atom. The summed E-state index contributed by atoms with van der Waals surface area (Å²) >= 11 is 0. The van der Waals surface area contributed by atoms with E-state index in [0.29, 0.717) is 0 Å². The number of carbonyl (C=O) groups excluding carboxylic acids is 1. The third-order valence-electron chi connectivity index (χ3n) is 4.73. The second-order valence-corrected chi connectivity index (χ2v) is 6.48. The Hall–Kier alpha value is -1.65. The summed E-state index contributed by atoms with van der Waals surface area (Å²) in [6, 6.07) is 0.186. The fourth-order valence-electron chi connectivity index (χ4n) is 3.34. The fourth-order valence-corrected chi connectivity index (χ4v) is 3.34. The molecule has 1 amide bonds. The summed E-state index contributed by atoms with van der Waals surface area (Å²) in [5.41, 5.74) is 1.49. The van der Waals surface area contributed by atoms with E-state index in [4.69, 9.17) is 0 Å². The van der Waals surface area contributed by atoms with Crippen molar-refractivity contribution in [1.82, 2.24) is 15.3 Å². The van der Waals surface area contributed by atoms with Gasteiger partial charge in [-0.25, -0.2) is 4.98 Å². The molecule has 2 aliphatic rings. The van der Waals surface area contributed by atoms with Crippen LogP contribution < -0.4 is 10.9 Å². The van der Waals surface area contributed by atoms with Crippen molar-refractivity contribution in [1.29, 1.82) is 0 Å². The summed E-state index contributed by atoms with van der Waals surface area (Å²) in [6.45, 7) is 2.24. The number of hydrogen-bond acceptors (Lipinski definition) is 3. The minimum absolute atomic E-state index is 0.0364. The number of fused-ring (bicyclic) bond motifs is 1. The number of aromatic amines is 1. The standard InChI is InChI=1S/C16H23N3O2/c1-10-6-8-11(9-7-10)17-15(20)14-16(21)19-13-5-3-2-4-12(13)18-14/h10-11H,2-9H2,1H3,(H,17,20)(H,19,21). The van der Waals surface area contributed by atoms with E-state index in [2.05, 4.69) is 22.2 Å². The second-order valence-electron chi connectivity index (χ2n) is 6.48. The van der Waals surface area contributed by atoms with Crippen molar-refractivity contribution >= 4 is 5.91 Å². The summed E-state index contributed by atoms with van der Waals surface area (Å²) in [5.74, 6) is 0.424. The van der Waals surface area contributed by atoms with Crippen molar-refractivity contribution in [2.24, 2.45) is 5.92 Å². The van der Waals surface area contributed by atoms with E-state index in [1.54, 1.807) is 0 Å². The molecule has 21 heavy (non-hydrogen) atoms. The molecule has 1 heterocycles. The van der Waals surface area contributed by atoms with Gasteiger partial charge in [0.25, 0.3) is 11.5 Å². The summed E-state index contributed by atoms with van der Waals surface area (Å²) in [7, 11) is 0. The van der Waals surface area contributed by atoms with E-state index in [0.717, 1.165) is 68.7 Å². The van der Waals surface area contributed by atoms with Crippen LogP contribution in [-0.2, 0) is 12.8 Å². The first-order chi connectivity index (χ1) is 10.1. The Balaban J connectivity index is 1.74. The number of rotatable bonds is 2. The van der Waals surface area contributed by atoms with Crippen molar-refractivity contribution in [3.63, 3.8) is 0 Å². The molecule has 0 radical (unpaired) electrons. The van der Waals surface area contributed by atoms with Crippen LogP contribution in [0.3, 0.4) is 0 Å². The van der Waals surface area contributed by atoms with Crippen molar-refractivity contribution in [2.45, 2.75) is 64.3 Å². The third-order valence-corrected chi connectivity index (χ3v) is 4.73. The molecule has 0 atom stereocenters. The second kappa shape index (κ2) is 6.00. The topological polar surface area (TPSA) is 74.8 Å².